The molecule has 0 aliphatic heterocycles. The van der Waals surface area contributed by atoms with Crippen LogP contribution in [0, 0.1) is 6.92 Å². The van der Waals surface area contributed by atoms with Crippen molar-refractivity contribution in [3.63, 3.8) is 0 Å². The van der Waals surface area contributed by atoms with Gasteiger partial charge in [0.15, 0.2) is 0 Å². The smallest absolute Gasteiger partial charge is 0.329 e. The fourth-order valence-corrected chi connectivity index (χ4v) is 1.43. The maximum Gasteiger partial charge on any atom is 0.329 e. The summed E-state index contributed by atoms with van der Waals surface area (Å²) in [6.07, 6.45) is 0. The topological polar surface area (TPSA) is 85.5 Å². The summed E-state index contributed by atoms with van der Waals surface area (Å²) >= 11 is 0. The molecule has 0 spiro atoms. The van der Waals surface area contributed by atoms with Crippen LogP contribution in [0.2, 0.25) is 0 Å². The summed E-state index contributed by atoms with van der Waals surface area (Å²) < 4.78 is 10.2. The molecule has 1 heterocycles. The number of hydrogen-bond donors (Lipinski definition) is 1. The van der Waals surface area contributed by atoms with Crippen molar-refractivity contribution in [2.45, 2.75) is 13.5 Å². The minimum atomic E-state index is -1.03. The second-order valence-electron chi connectivity index (χ2n) is 3.76. The van der Waals surface area contributed by atoms with Crippen molar-refractivity contribution in [1.29, 1.82) is 0 Å². The van der Waals surface area contributed by atoms with E-state index >= 15 is 0 Å². The maximum absolute atomic E-state index is 10.3. The van der Waals surface area contributed by atoms with E-state index < -0.39 is 5.97 Å². The average Bonchev–Trinajstić information content (AvgIpc) is 2.77. The molecule has 2 aromatic rings. The highest BCUT2D eigenvalue weighted by Gasteiger charge is 2.09. The molecule has 94 valence electrons. The Labute approximate surface area is 103 Å². The van der Waals surface area contributed by atoms with Crippen LogP contribution in [0.1, 0.15) is 11.5 Å². The van der Waals surface area contributed by atoms with Crippen LogP contribution in [-0.4, -0.2) is 27.9 Å². The molecule has 18 heavy (non-hydrogen) atoms. The Balaban J connectivity index is 2.04. The number of carboxylic acid groups (broad SMARTS) is 1. The van der Waals surface area contributed by atoms with E-state index in [9.17, 15) is 4.79 Å². The Hall–Kier alpha value is -2.21. The fraction of sp³-hybridized carbons (Fsp3) is 0.250. The summed E-state index contributed by atoms with van der Waals surface area (Å²) in [5, 5.41) is 16.1. The van der Waals surface area contributed by atoms with Gasteiger partial charge in [-0.2, -0.15) is 0 Å². The molecule has 0 fully saturated rings. The van der Waals surface area contributed by atoms with Crippen molar-refractivity contribution in [2.24, 2.45) is 0 Å². The molecule has 0 aliphatic carbocycles. The lowest BCUT2D eigenvalue weighted by Gasteiger charge is -1.97. The summed E-state index contributed by atoms with van der Waals surface area (Å²) in [5.41, 5.74) is 1.92. The molecule has 6 nitrogen and oxygen atoms in total. The zero-order valence-corrected chi connectivity index (χ0v) is 9.79. The number of rotatable bonds is 5. The van der Waals surface area contributed by atoms with Gasteiger partial charge in [0.05, 0.1) is 0 Å². The van der Waals surface area contributed by atoms with Gasteiger partial charge in [-0.05, 0) is 19.1 Å². The molecule has 6 heteroatoms. The predicted molar refractivity (Wildman–Crippen MR) is 61.8 cm³/mol. The highest BCUT2D eigenvalue weighted by Crippen LogP contribution is 2.18. The molecule has 0 saturated heterocycles. The molecule has 1 aromatic carbocycles. The zero-order chi connectivity index (χ0) is 13.0. The normalized spacial score (nSPS) is 10.5. The van der Waals surface area contributed by atoms with E-state index in [4.69, 9.17) is 14.3 Å². The van der Waals surface area contributed by atoms with E-state index in [2.05, 4.69) is 10.2 Å². The standard InChI is InChI=1S/C12H12N2O4/c1-8-3-2-4-9(5-8)12-14-13-10(18-12)6-17-7-11(15)16/h2-5H,6-7H2,1H3,(H,15,16). The first-order valence-corrected chi connectivity index (χ1v) is 5.34. The molecule has 2 rings (SSSR count). The van der Waals surface area contributed by atoms with Crippen LogP contribution < -0.4 is 0 Å². The molecule has 0 amide bonds. The number of aliphatic carboxylic acids is 1. The molecule has 0 aliphatic rings. The van der Waals surface area contributed by atoms with Crippen molar-refractivity contribution in [3.8, 4) is 11.5 Å². The summed E-state index contributed by atoms with van der Waals surface area (Å²) in [6, 6.07) is 7.66. The Kier molecular flexibility index (Phi) is 3.69. The fourth-order valence-electron chi connectivity index (χ4n) is 1.43. The lowest BCUT2D eigenvalue weighted by Crippen LogP contribution is -2.06. The first-order valence-electron chi connectivity index (χ1n) is 5.34. The van der Waals surface area contributed by atoms with Crippen molar-refractivity contribution in [2.75, 3.05) is 6.61 Å². The second kappa shape index (κ2) is 5.42. The molecule has 0 radical (unpaired) electrons. The van der Waals surface area contributed by atoms with Crippen molar-refractivity contribution >= 4 is 5.97 Å². The SMILES string of the molecule is Cc1cccc(-c2nnc(COCC(=O)O)o2)c1. The number of carbonyl (C=O) groups is 1. The first kappa shape index (κ1) is 12.3. The van der Waals surface area contributed by atoms with E-state index in [0.717, 1.165) is 11.1 Å². The highest BCUT2D eigenvalue weighted by molar-refractivity contribution is 5.67. The molecule has 0 saturated carbocycles. The number of hydrogen-bond acceptors (Lipinski definition) is 5. The number of aromatic nitrogens is 2. The third-order valence-electron chi connectivity index (χ3n) is 2.18. The van der Waals surface area contributed by atoms with Gasteiger partial charge >= 0.3 is 5.97 Å². The van der Waals surface area contributed by atoms with Gasteiger partial charge in [-0.15, -0.1) is 10.2 Å². The number of benzene rings is 1. The summed E-state index contributed by atoms with van der Waals surface area (Å²) in [7, 11) is 0. The minimum absolute atomic E-state index is 0.00881. The van der Waals surface area contributed by atoms with Crippen LogP contribution in [0.3, 0.4) is 0 Å². The summed E-state index contributed by atoms with van der Waals surface area (Å²) in [6.45, 7) is 1.57. The largest absolute Gasteiger partial charge is 0.480 e. The molecule has 1 aromatic heterocycles. The van der Waals surface area contributed by atoms with Crippen molar-refractivity contribution in [1.82, 2.24) is 10.2 Å². The Morgan fingerprint density at radius 1 is 1.44 bits per heavy atom. The van der Waals surface area contributed by atoms with E-state index in [0.29, 0.717) is 5.89 Å². The van der Waals surface area contributed by atoms with E-state index in [-0.39, 0.29) is 19.1 Å². The highest BCUT2D eigenvalue weighted by atomic mass is 16.5. The first-order chi connectivity index (χ1) is 8.65. The third kappa shape index (κ3) is 3.14. The van der Waals surface area contributed by atoms with Gasteiger partial charge in [-0.3, -0.25) is 0 Å². The maximum atomic E-state index is 10.3. The van der Waals surface area contributed by atoms with E-state index in [1.807, 2.05) is 31.2 Å². The summed E-state index contributed by atoms with van der Waals surface area (Å²) in [5.74, 6) is -0.381. The van der Waals surface area contributed by atoms with Crippen molar-refractivity contribution in [3.05, 3.63) is 35.7 Å². The molecular formula is C12H12N2O4. The average molecular weight is 248 g/mol. The Morgan fingerprint density at radius 2 is 2.28 bits per heavy atom. The lowest BCUT2D eigenvalue weighted by atomic mass is 10.1. The predicted octanol–water partition coefficient (Wildman–Crippen LogP) is 1.65. The van der Waals surface area contributed by atoms with Crippen LogP contribution in [0.15, 0.2) is 28.7 Å². The number of nitrogens with zero attached hydrogens (tertiary/aromatic N) is 2. The monoisotopic (exact) mass is 248 g/mol. The van der Waals surface area contributed by atoms with Crippen LogP contribution in [-0.2, 0) is 16.1 Å². The van der Waals surface area contributed by atoms with E-state index in [1.165, 1.54) is 0 Å². The quantitative estimate of drug-likeness (QED) is 0.865. The molecular weight excluding hydrogens is 236 g/mol. The molecule has 0 atom stereocenters. The lowest BCUT2D eigenvalue weighted by molar-refractivity contribution is -0.142. The van der Waals surface area contributed by atoms with Gasteiger partial charge in [-0.1, -0.05) is 17.7 Å². The van der Waals surface area contributed by atoms with Crippen LogP contribution in [0.4, 0.5) is 0 Å². The van der Waals surface area contributed by atoms with Gasteiger partial charge < -0.3 is 14.3 Å². The van der Waals surface area contributed by atoms with Gasteiger partial charge in [0.25, 0.3) is 0 Å². The Morgan fingerprint density at radius 3 is 3.00 bits per heavy atom. The number of ether oxygens (including phenoxy) is 1. The number of aryl methyl sites for hydroxylation is 1. The third-order valence-corrected chi connectivity index (χ3v) is 2.18. The molecule has 1 N–H and O–H groups in total. The second-order valence-corrected chi connectivity index (χ2v) is 3.76. The van der Waals surface area contributed by atoms with Gasteiger partial charge in [0.1, 0.15) is 13.2 Å². The molecule has 0 unspecified atom stereocenters. The van der Waals surface area contributed by atoms with Gasteiger partial charge in [-0.25, -0.2) is 4.79 Å². The van der Waals surface area contributed by atoms with Gasteiger partial charge in [0, 0.05) is 5.56 Å². The minimum Gasteiger partial charge on any atom is -0.480 e. The number of carboxylic acids is 1. The van der Waals surface area contributed by atoms with E-state index in [1.54, 1.807) is 0 Å². The van der Waals surface area contributed by atoms with Crippen molar-refractivity contribution < 1.29 is 19.1 Å². The van der Waals surface area contributed by atoms with Crippen LogP contribution >= 0.6 is 0 Å². The molecule has 0 bridgehead atoms. The van der Waals surface area contributed by atoms with Crippen LogP contribution in [0.5, 0.6) is 0 Å². The zero-order valence-electron chi connectivity index (χ0n) is 9.79. The summed E-state index contributed by atoms with van der Waals surface area (Å²) in [4.78, 5) is 10.3. The Bertz CT molecular complexity index is 551. The van der Waals surface area contributed by atoms with Crippen LogP contribution in [0.25, 0.3) is 11.5 Å². The van der Waals surface area contributed by atoms with Gasteiger partial charge in [0.2, 0.25) is 11.8 Å².